The Balaban J connectivity index is 2.51. The molecule has 0 spiro atoms. The summed E-state index contributed by atoms with van der Waals surface area (Å²) in [4.78, 5) is 0. The van der Waals surface area contributed by atoms with Crippen LogP contribution in [0.4, 0.5) is 5.69 Å². The summed E-state index contributed by atoms with van der Waals surface area (Å²) in [7, 11) is -1.95. The maximum Gasteiger partial charge on any atom is 0.301 e. The van der Waals surface area contributed by atoms with Crippen molar-refractivity contribution in [3.8, 4) is 0 Å². The Labute approximate surface area is 127 Å². The van der Waals surface area contributed by atoms with Crippen molar-refractivity contribution >= 4 is 15.9 Å². The Kier molecular flexibility index (Phi) is 6.63. The van der Waals surface area contributed by atoms with Crippen LogP contribution < -0.4 is 10.0 Å². The summed E-state index contributed by atoms with van der Waals surface area (Å²) < 4.78 is 29.9. The van der Waals surface area contributed by atoms with Crippen LogP contribution in [0.5, 0.6) is 0 Å². The monoisotopic (exact) mass is 317 g/mol. The summed E-state index contributed by atoms with van der Waals surface area (Å²) >= 11 is 0. The van der Waals surface area contributed by atoms with Gasteiger partial charge in [0.25, 0.3) is 0 Å². The average Bonchev–Trinajstić information content (AvgIpc) is 2.81. The van der Waals surface area contributed by atoms with E-state index in [2.05, 4.69) is 29.0 Å². The van der Waals surface area contributed by atoms with E-state index in [9.17, 15) is 8.42 Å². The van der Waals surface area contributed by atoms with Crippen molar-refractivity contribution in [3.05, 3.63) is 12.4 Å². The fourth-order valence-corrected chi connectivity index (χ4v) is 2.64. The maximum atomic E-state index is 12.2. The summed E-state index contributed by atoms with van der Waals surface area (Å²) in [5, 5.41) is 7.38. The largest absolute Gasteiger partial charge is 0.314 e. The van der Waals surface area contributed by atoms with Gasteiger partial charge in [-0.2, -0.15) is 17.8 Å². The van der Waals surface area contributed by atoms with Crippen LogP contribution in [0, 0.1) is 0 Å². The van der Waals surface area contributed by atoms with Crippen LogP contribution in [0.25, 0.3) is 0 Å². The second-order valence-corrected chi connectivity index (χ2v) is 7.47. The van der Waals surface area contributed by atoms with Gasteiger partial charge in [-0.15, -0.1) is 0 Å². The van der Waals surface area contributed by atoms with Gasteiger partial charge in [0.15, 0.2) is 0 Å². The molecule has 2 N–H and O–H groups in total. The van der Waals surface area contributed by atoms with Gasteiger partial charge < -0.3 is 5.32 Å². The van der Waals surface area contributed by atoms with Gasteiger partial charge >= 0.3 is 10.2 Å². The topological polar surface area (TPSA) is 79.3 Å². The summed E-state index contributed by atoms with van der Waals surface area (Å²) in [5.41, 5.74) is 0.482. The van der Waals surface area contributed by atoms with Crippen LogP contribution in [0.3, 0.4) is 0 Å². The second kappa shape index (κ2) is 7.77. The zero-order chi connectivity index (χ0) is 16.0. The number of nitrogens with one attached hydrogen (secondary N) is 2. The first kappa shape index (κ1) is 17.9. The lowest BCUT2D eigenvalue weighted by atomic mass is 10.3. The number of rotatable bonds is 9. The quantitative estimate of drug-likeness (QED) is 0.676. The van der Waals surface area contributed by atoms with Crippen molar-refractivity contribution in [2.75, 3.05) is 24.9 Å². The molecule has 7 nitrogen and oxygen atoms in total. The van der Waals surface area contributed by atoms with E-state index >= 15 is 0 Å². The highest BCUT2D eigenvalue weighted by atomic mass is 32.2. The molecule has 0 bridgehead atoms. The average molecular weight is 317 g/mol. The summed E-state index contributed by atoms with van der Waals surface area (Å²) in [6.07, 6.45) is 3.98. The molecule has 0 aliphatic rings. The standard InChI is InChI=1S/C13H27N5O2S/c1-11(2)14-7-6-8-17(5)21(19,20)16-13-9-15-18(10-13)12(3)4/h9-12,14,16H,6-8H2,1-5H3. The van der Waals surface area contributed by atoms with Gasteiger partial charge in [0.2, 0.25) is 0 Å². The smallest absolute Gasteiger partial charge is 0.301 e. The van der Waals surface area contributed by atoms with Crippen LogP contribution in [-0.4, -0.2) is 48.7 Å². The number of aromatic nitrogens is 2. The van der Waals surface area contributed by atoms with Gasteiger partial charge in [0, 0.05) is 31.9 Å². The lowest BCUT2D eigenvalue weighted by Crippen LogP contribution is -2.35. The molecule has 1 rings (SSSR count). The molecular weight excluding hydrogens is 290 g/mol. The van der Waals surface area contributed by atoms with Gasteiger partial charge in [-0.25, -0.2) is 0 Å². The Morgan fingerprint density at radius 3 is 2.52 bits per heavy atom. The van der Waals surface area contributed by atoms with Crippen LogP contribution in [0.1, 0.15) is 40.2 Å². The van der Waals surface area contributed by atoms with E-state index in [1.807, 2.05) is 13.8 Å². The van der Waals surface area contributed by atoms with Crippen molar-refractivity contribution < 1.29 is 8.42 Å². The second-order valence-electron chi connectivity index (χ2n) is 5.69. The van der Waals surface area contributed by atoms with E-state index in [0.29, 0.717) is 18.3 Å². The molecule has 1 heterocycles. The predicted molar refractivity (Wildman–Crippen MR) is 85.5 cm³/mol. The molecule has 0 saturated carbocycles. The van der Waals surface area contributed by atoms with Crippen LogP contribution in [-0.2, 0) is 10.2 Å². The van der Waals surface area contributed by atoms with Crippen LogP contribution in [0.2, 0.25) is 0 Å². The van der Waals surface area contributed by atoms with Crippen molar-refractivity contribution in [1.29, 1.82) is 0 Å². The summed E-state index contributed by atoms with van der Waals surface area (Å²) in [6.45, 7) is 9.36. The third-order valence-electron chi connectivity index (χ3n) is 2.99. The molecule has 1 aromatic heterocycles. The fourth-order valence-electron chi connectivity index (χ4n) is 1.71. The molecule has 0 fully saturated rings. The Hall–Kier alpha value is -1.12. The molecule has 1 aromatic rings. The Morgan fingerprint density at radius 1 is 1.33 bits per heavy atom. The molecule has 8 heteroatoms. The van der Waals surface area contributed by atoms with Crippen molar-refractivity contribution in [1.82, 2.24) is 19.4 Å². The highest BCUT2D eigenvalue weighted by Gasteiger charge is 2.18. The highest BCUT2D eigenvalue weighted by molar-refractivity contribution is 7.90. The van der Waals surface area contributed by atoms with Gasteiger partial charge in [-0.05, 0) is 26.8 Å². The van der Waals surface area contributed by atoms with Gasteiger partial charge in [0.1, 0.15) is 0 Å². The normalized spacial score (nSPS) is 12.6. The van der Waals surface area contributed by atoms with Gasteiger partial charge in [-0.1, -0.05) is 13.8 Å². The first-order chi connectivity index (χ1) is 9.72. The van der Waals surface area contributed by atoms with Crippen molar-refractivity contribution in [2.24, 2.45) is 0 Å². The van der Waals surface area contributed by atoms with E-state index in [1.54, 1.807) is 17.9 Å². The molecule has 0 aliphatic carbocycles. The van der Waals surface area contributed by atoms with E-state index in [0.717, 1.165) is 13.0 Å². The van der Waals surface area contributed by atoms with Crippen LogP contribution >= 0.6 is 0 Å². The van der Waals surface area contributed by atoms with Crippen molar-refractivity contribution in [2.45, 2.75) is 46.2 Å². The van der Waals surface area contributed by atoms with Gasteiger partial charge in [0.05, 0.1) is 11.9 Å². The SMILES string of the molecule is CC(C)NCCCN(C)S(=O)(=O)Nc1cnn(C(C)C)c1. The molecule has 0 amide bonds. The highest BCUT2D eigenvalue weighted by Crippen LogP contribution is 2.12. The molecule has 21 heavy (non-hydrogen) atoms. The number of nitrogens with zero attached hydrogens (tertiary/aromatic N) is 3. The van der Waals surface area contributed by atoms with E-state index in [-0.39, 0.29) is 6.04 Å². The summed E-state index contributed by atoms with van der Waals surface area (Å²) in [6, 6.07) is 0.606. The Bertz CT molecular complexity index is 524. The molecule has 0 unspecified atom stereocenters. The Morgan fingerprint density at radius 2 is 2.00 bits per heavy atom. The third-order valence-corrected chi connectivity index (χ3v) is 4.49. The molecule has 0 atom stereocenters. The molecule has 122 valence electrons. The fraction of sp³-hybridized carbons (Fsp3) is 0.769. The molecule has 0 saturated heterocycles. The molecule has 0 aromatic carbocycles. The summed E-state index contributed by atoms with van der Waals surface area (Å²) in [5.74, 6) is 0. The first-order valence-electron chi connectivity index (χ1n) is 7.24. The third kappa shape index (κ3) is 6.03. The van der Waals surface area contributed by atoms with Crippen LogP contribution in [0.15, 0.2) is 12.4 Å². The van der Waals surface area contributed by atoms with E-state index < -0.39 is 10.2 Å². The van der Waals surface area contributed by atoms with Crippen molar-refractivity contribution in [3.63, 3.8) is 0 Å². The van der Waals surface area contributed by atoms with E-state index in [1.165, 1.54) is 10.5 Å². The zero-order valence-electron chi connectivity index (χ0n) is 13.5. The minimum atomic E-state index is -3.52. The van der Waals surface area contributed by atoms with Gasteiger partial charge in [-0.3, -0.25) is 9.40 Å². The minimum Gasteiger partial charge on any atom is -0.314 e. The predicted octanol–water partition coefficient (Wildman–Crippen LogP) is 1.44. The number of hydrogen-bond acceptors (Lipinski definition) is 4. The molecule has 0 aliphatic heterocycles. The molecular formula is C13H27N5O2S. The molecule has 0 radical (unpaired) electrons. The number of anilines is 1. The minimum absolute atomic E-state index is 0.197. The maximum absolute atomic E-state index is 12.2. The lowest BCUT2D eigenvalue weighted by Gasteiger charge is -2.18. The lowest BCUT2D eigenvalue weighted by molar-refractivity contribution is 0.451. The van der Waals surface area contributed by atoms with E-state index in [4.69, 9.17) is 0 Å². The first-order valence-corrected chi connectivity index (χ1v) is 8.68. The number of hydrogen-bond donors (Lipinski definition) is 2. The zero-order valence-corrected chi connectivity index (χ0v) is 14.3.